The largest absolute Gasteiger partial charge is 0.357 e. The second kappa shape index (κ2) is 12.2. The fraction of sp³-hybridized carbons (Fsp3) is 0.458. The molecule has 7 nitrogen and oxygen atoms in total. The zero-order valence-corrected chi connectivity index (χ0v) is 21.4. The van der Waals surface area contributed by atoms with Gasteiger partial charge in [-0.1, -0.05) is 35.9 Å². The van der Waals surface area contributed by atoms with Crippen molar-refractivity contribution in [2.75, 3.05) is 39.3 Å². The van der Waals surface area contributed by atoms with Crippen LogP contribution in [-0.2, 0) is 13.0 Å². The van der Waals surface area contributed by atoms with Crippen LogP contribution in [0.2, 0.25) is 0 Å². The van der Waals surface area contributed by atoms with Gasteiger partial charge in [-0.05, 0) is 38.0 Å². The van der Waals surface area contributed by atoms with Crippen molar-refractivity contribution in [3.8, 4) is 0 Å². The zero-order valence-electron chi connectivity index (χ0n) is 19.1. The van der Waals surface area contributed by atoms with Crippen LogP contribution in [0, 0.1) is 6.92 Å². The van der Waals surface area contributed by atoms with Crippen molar-refractivity contribution < 1.29 is 0 Å². The van der Waals surface area contributed by atoms with Crippen molar-refractivity contribution in [1.29, 1.82) is 0 Å². The van der Waals surface area contributed by atoms with E-state index in [1.165, 1.54) is 11.1 Å². The van der Waals surface area contributed by atoms with Gasteiger partial charge in [0.25, 0.3) is 0 Å². The van der Waals surface area contributed by atoms with Crippen LogP contribution in [0.15, 0.2) is 53.7 Å². The molecule has 0 amide bonds. The Morgan fingerprint density at radius 3 is 2.69 bits per heavy atom. The summed E-state index contributed by atoms with van der Waals surface area (Å²) >= 11 is 0. The number of hydrogen-bond acceptors (Lipinski definition) is 4. The van der Waals surface area contributed by atoms with Crippen molar-refractivity contribution >= 4 is 35.6 Å². The lowest BCUT2D eigenvalue weighted by Crippen LogP contribution is -2.52. The lowest BCUT2D eigenvalue weighted by Gasteiger charge is -2.36. The first-order chi connectivity index (χ1) is 15.2. The standard InChI is InChI=1S/C24H33N7.HI/c1-3-25-24(26-12-7-11-23-28-27-22-10-4-5-13-31(22)23)30-16-14-29(15-17-30)19-21-9-6-8-20(2)18-21;/h4-6,8-10,13,18H,3,7,11-12,14-17,19H2,1-2H3,(H,25,26);1H. The van der Waals surface area contributed by atoms with Crippen LogP contribution in [0.4, 0.5) is 0 Å². The summed E-state index contributed by atoms with van der Waals surface area (Å²) < 4.78 is 2.06. The van der Waals surface area contributed by atoms with Crippen molar-refractivity contribution in [1.82, 2.24) is 29.7 Å². The van der Waals surface area contributed by atoms with Crippen LogP contribution in [0.3, 0.4) is 0 Å². The second-order valence-corrected chi connectivity index (χ2v) is 8.14. The summed E-state index contributed by atoms with van der Waals surface area (Å²) in [4.78, 5) is 9.82. The Morgan fingerprint density at radius 2 is 1.91 bits per heavy atom. The lowest BCUT2D eigenvalue weighted by atomic mass is 10.1. The Morgan fingerprint density at radius 1 is 1.06 bits per heavy atom. The van der Waals surface area contributed by atoms with E-state index in [1.807, 2.05) is 24.4 Å². The first kappa shape index (κ1) is 24.4. The zero-order chi connectivity index (χ0) is 21.5. The van der Waals surface area contributed by atoms with E-state index in [-0.39, 0.29) is 24.0 Å². The molecule has 32 heavy (non-hydrogen) atoms. The Labute approximate surface area is 207 Å². The van der Waals surface area contributed by atoms with Gasteiger partial charge in [-0.3, -0.25) is 14.3 Å². The predicted octanol–water partition coefficient (Wildman–Crippen LogP) is 3.37. The van der Waals surface area contributed by atoms with Crippen LogP contribution >= 0.6 is 24.0 Å². The maximum absolute atomic E-state index is 4.89. The van der Waals surface area contributed by atoms with Gasteiger partial charge in [-0.2, -0.15) is 0 Å². The number of nitrogens with zero attached hydrogens (tertiary/aromatic N) is 6. The number of benzene rings is 1. The van der Waals surface area contributed by atoms with E-state index in [9.17, 15) is 0 Å². The lowest BCUT2D eigenvalue weighted by molar-refractivity contribution is 0.172. The van der Waals surface area contributed by atoms with Gasteiger partial charge in [0.1, 0.15) is 5.82 Å². The number of nitrogens with one attached hydrogen (secondary N) is 1. The number of aryl methyl sites for hydroxylation is 2. The molecule has 0 aliphatic carbocycles. The number of halogens is 1. The van der Waals surface area contributed by atoms with Gasteiger partial charge in [0, 0.05) is 58.4 Å². The molecule has 1 aliphatic heterocycles. The SMILES string of the molecule is CCNC(=NCCCc1nnc2ccccn12)N1CCN(Cc2cccc(C)c2)CC1.I. The molecule has 0 bridgehead atoms. The third-order valence-electron chi connectivity index (χ3n) is 5.70. The highest BCUT2D eigenvalue weighted by Crippen LogP contribution is 2.11. The minimum atomic E-state index is 0. The summed E-state index contributed by atoms with van der Waals surface area (Å²) in [6.45, 7) is 11.1. The third-order valence-corrected chi connectivity index (χ3v) is 5.70. The highest BCUT2D eigenvalue weighted by Gasteiger charge is 2.19. The first-order valence-electron chi connectivity index (χ1n) is 11.3. The van der Waals surface area contributed by atoms with Gasteiger partial charge in [-0.15, -0.1) is 34.2 Å². The summed E-state index contributed by atoms with van der Waals surface area (Å²) in [7, 11) is 0. The van der Waals surface area contributed by atoms with Crippen molar-refractivity contribution in [3.05, 3.63) is 65.6 Å². The molecule has 0 spiro atoms. The van der Waals surface area contributed by atoms with Gasteiger partial charge >= 0.3 is 0 Å². The van der Waals surface area contributed by atoms with E-state index in [0.29, 0.717) is 0 Å². The maximum Gasteiger partial charge on any atom is 0.194 e. The molecule has 1 aliphatic rings. The summed E-state index contributed by atoms with van der Waals surface area (Å²) in [5.41, 5.74) is 3.63. The average molecular weight is 547 g/mol. The normalized spacial score (nSPS) is 15.1. The molecule has 1 saturated heterocycles. The molecule has 1 N–H and O–H groups in total. The number of piperazine rings is 1. The summed E-state index contributed by atoms with van der Waals surface area (Å²) in [6, 6.07) is 14.8. The molecule has 4 rings (SSSR count). The van der Waals surface area contributed by atoms with E-state index < -0.39 is 0 Å². The minimum absolute atomic E-state index is 0. The topological polar surface area (TPSA) is 61.1 Å². The maximum atomic E-state index is 4.89. The van der Waals surface area contributed by atoms with Gasteiger partial charge < -0.3 is 10.2 Å². The summed E-state index contributed by atoms with van der Waals surface area (Å²) in [5, 5.41) is 12.0. The molecule has 3 aromatic rings. The van der Waals surface area contributed by atoms with Crippen LogP contribution in [0.25, 0.3) is 5.65 Å². The quantitative estimate of drug-likeness (QED) is 0.213. The highest BCUT2D eigenvalue weighted by molar-refractivity contribution is 14.0. The molecule has 8 heteroatoms. The molecule has 3 heterocycles. The van der Waals surface area contributed by atoms with Crippen molar-refractivity contribution in [2.45, 2.75) is 33.2 Å². The van der Waals surface area contributed by atoms with Crippen molar-refractivity contribution in [3.63, 3.8) is 0 Å². The minimum Gasteiger partial charge on any atom is -0.357 e. The van der Waals surface area contributed by atoms with Crippen molar-refractivity contribution in [2.24, 2.45) is 4.99 Å². The Hall–Kier alpha value is -2.20. The van der Waals surface area contributed by atoms with Crippen LogP contribution < -0.4 is 5.32 Å². The van der Waals surface area contributed by atoms with E-state index >= 15 is 0 Å². The fourth-order valence-electron chi connectivity index (χ4n) is 4.10. The smallest absolute Gasteiger partial charge is 0.194 e. The molecule has 2 aromatic heterocycles. The molecule has 0 atom stereocenters. The summed E-state index contributed by atoms with van der Waals surface area (Å²) in [5.74, 6) is 2.03. The highest BCUT2D eigenvalue weighted by atomic mass is 127. The van der Waals surface area contributed by atoms with Gasteiger partial charge in [0.2, 0.25) is 0 Å². The first-order valence-corrected chi connectivity index (χ1v) is 11.3. The Bertz CT molecular complexity index is 1010. The molecular weight excluding hydrogens is 513 g/mol. The molecule has 1 fully saturated rings. The van der Waals surface area contributed by atoms with Gasteiger partial charge in [0.05, 0.1) is 0 Å². The van der Waals surface area contributed by atoms with E-state index in [2.05, 4.69) is 67.8 Å². The third kappa shape index (κ3) is 6.41. The molecular formula is C24H34IN7. The molecule has 1 aromatic carbocycles. The second-order valence-electron chi connectivity index (χ2n) is 8.14. The monoisotopic (exact) mass is 547 g/mol. The number of fused-ring (bicyclic) bond motifs is 1. The van der Waals surface area contributed by atoms with E-state index in [4.69, 9.17) is 4.99 Å². The van der Waals surface area contributed by atoms with Gasteiger partial charge in [0.15, 0.2) is 11.6 Å². The molecule has 172 valence electrons. The number of aliphatic imine (C=N–C) groups is 1. The Kier molecular flexibility index (Phi) is 9.28. The van der Waals surface area contributed by atoms with Crippen LogP contribution in [-0.4, -0.2) is 69.6 Å². The molecule has 0 saturated carbocycles. The number of guanidine groups is 1. The fourth-order valence-corrected chi connectivity index (χ4v) is 4.10. The van der Waals surface area contributed by atoms with Crippen LogP contribution in [0.5, 0.6) is 0 Å². The predicted molar refractivity (Wildman–Crippen MR) is 141 cm³/mol. The van der Waals surface area contributed by atoms with E-state index in [0.717, 1.165) is 76.1 Å². The average Bonchev–Trinajstić information content (AvgIpc) is 3.20. The molecule has 0 radical (unpaired) electrons. The number of pyridine rings is 1. The number of rotatable bonds is 7. The van der Waals surface area contributed by atoms with Crippen LogP contribution in [0.1, 0.15) is 30.3 Å². The van der Waals surface area contributed by atoms with Gasteiger partial charge in [-0.25, -0.2) is 0 Å². The summed E-state index contributed by atoms with van der Waals surface area (Å²) in [6.07, 6.45) is 3.85. The van der Waals surface area contributed by atoms with E-state index in [1.54, 1.807) is 0 Å². The number of hydrogen-bond donors (Lipinski definition) is 1. The molecule has 0 unspecified atom stereocenters. The number of aromatic nitrogens is 3. The Balaban J connectivity index is 0.00000289.